The Morgan fingerprint density at radius 2 is 1.41 bits per heavy atom. The number of rotatable bonds is 7. The van der Waals surface area contributed by atoms with E-state index >= 15 is 0 Å². The highest BCUT2D eigenvalue weighted by molar-refractivity contribution is 5.96. The van der Waals surface area contributed by atoms with Gasteiger partial charge in [-0.2, -0.15) is 0 Å². The Hall–Kier alpha value is -3.82. The number of morpholine rings is 1. The van der Waals surface area contributed by atoms with Crippen LogP contribution in [-0.2, 0) is 9.53 Å². The van der Waals surface area contributed by atoms with Gasteiger partial charge in [0.2, 0.25) is 5.91 Å². The first-order chi connectivity index (χ1) is 22.2. The molecule has 0 aliphatic carbocycles. The summed E-state index contributed by atoms with van der Waals surface area (Å²) in [7, 11) is 0. The molecular formula is C37H48N6O3. The van der Waals surface area contributed by atoms with E-state index in [4.69, 9.17) is 4.74 Å². The van der Waals surface area contributed by atoms with Gasteiger partial charge in [0.25, 0.3) is 5.91 Å². The van der Waals surface area contributed by atoms with Crippen LogP contribution in [0.15, 0.2) is 60.9 Å². The fraction of sp³-hybridized carbons (Fsp3) is 0.514. The summed E-state index contributed by atoms with van der Waals surface area (Å²) in [6, 6.07) is 19.7. The van der Waals surface area contributed by atoms with Crippen LogP contribution >= 0.6 is 0 Å². The number of piperidine rings is 2. The Kier molecular flexibility index (Phi) is 9.70. The molecule has 3 aromatic rings. The standard InChI is InChI=1S/C37H48N6O3/c1-27(35(44)41-22-24-46-25-23-41)30-10-12-32(13-11-30)43(31-8-6-5-7-9-31)33-14-18-42(19-15-33)37(4)16-20-40(21-17-37)36(45)34-28(2)38-26-39-29(34)3/h5-13,26-27,33H,14-25H2,1-4H3. The molecule has 4 heterocycles. The zero-order valence-corrected chi connectivity index (χ0v) is 27.8. The van der Waals surface area contributed by atoms with E-state index in [1.165, 1.54) is 12.0 Å². The number of nitrogens with zero attached hydrogens (tertiary/aromatic N) is 6. The molecule has 0 radical (unpaired) electrons. The molecule has 9 heteroatoms. The third kappa shape index (κ3) is 6.67. The Morgan fingerprint density at radius 3 is 2.02 bits per heavy atom. The lowest BCUT2D eigenvalue weighted by Crippen LogP contribution is -2.58. The topological polar surface area (TPSA) is 82.1 Å². The first-order valence-electron chi connectivity index (χ1n) is 16.9. The normalized spacial score (nSPS) is 19.9. The number of likely N-dealkylation sites (tertiary alicyclic amines) is 2. The molecule has 0 saturated carbocycles. The van der Waals surface area contributed by atoms with Crippen LogP contribution in [0.5, 0.6) is 0 Å². The number of carbonyl (C=O) groups is 2. The summed E-state index contributed by atoms with van der Waals surface area (Å²) in [4.78, 5) is 44.1. The predicted molar refractivity (Wildman–Crippen MR) is 180 cm³/mol. The second kappa shape index (κ2) is 13.9. The first kappa shape index (κ1) is 32.1. The Morgan fingerprint density at radius 1 is 0.826 bits per heavy atom. The summed E-state index contributed by atoms with van der Waals surface area (Å²) in [6.07, 6.45) is 5.56. The largest absolute Gasteiger partial charge is 0.378 e. The summed E-state index contributed by atoms with van der Waals surface area (Å²) in [5.41, 5.74) is 5.63. The Balaban J connectivity index is 1.11. The molecule has 3 aliphatic rings. The number of aryl methyl sites for hydroxylation is 2. The van der Waals surface area contributed by atoms with E-state index in [2.05, 4.69) is 81.3 Å². The molecule has 1 unspecified atom stereocenters. The SMILES string of the molecule is Cc1ncnc(C)c1C(=O)N1CCC(C)(N2CCC(N(c3ccccc3)c3ccc(C(C)C(=O)N4CCOCC4)cc3)CC2)CC1. The van der Waals surface area contributed by atoms with Crippen LogP contribution in [0.3, 0.4) is 0 Å². The summed E-state index contributed by atoms with van der Waals surface area (Å²) < 4.78 is 5.44. The third-order valence-electron chi connectivity index (χ3n) is 10.6. The van der Waals surface area contributed by atoms with Crippen molar-refractivity contribution in [1.82, 2.24) is 24.7 Å². The molecule has 3 saturated heterocycles. The molecule has 9 nitrogen and oxygen atoms in total. The Bertz CT molecular complexity index is 1470. The van der Waals surface area contributed by atoms with Crippen LogP contribution in [-0.4, -0.2) is 101 Å². The van der Waals surface area contributed by atoms with Gasteiger partial charge in [0.05, 0.1) is 36.1 Å². The molecule has 1 aromatic heterocycles. The fourth-order valence-corrected chi connectivity index (χ4v) is 7.52. The van der Waals surface area contributed by atoms with Gasteiger partial charge in [-0.05, 0) is 83.2 Å². The quantitative estimate of drug-likeness (QED) is 0.351. The van der Waals surface area contributed by atoms with Gasteiger partial charge < -0.3 is 19.4 Å². The highest BCUT2D eigenvalue weighted by atomic mass is 16.5. The number of amides is 2. The monoisotopic (exact) mass is 624 g/mol. The second-order valence-electron chi connectivity index (χ2n) is 13.4. The third-order valence-corrected chi connectivity index (χ3v) is 10.6. The fourth-order valence-electron chi connectivity index (χ4n) is 7.52. The minimum absolute atomic E-state index is 0.0562. The molecule has 244 valence electrons. The van der Waals surface area contributed by atoms with Crippen molar-refractivity contribution in [3.05, 3.63) is 83.4 Å². The van der Waals surface area contributed by atoms with Gasteiger partial charge in [0, 0.05) is 62.2 Å². The van der Waals surface area contributed by atoms with Crippen LogP contribution in [0.1, 0.15) is 72.8 Å². The highest BCUT2D eigenvalue weighted by Gasteiger charge is 2.40. The molecular weight excluding hydrogens is 576 g/mol. The van der Waals surface area contributed by atoms with Gasteiger partial charge in [0.15, 0.2) is 0 Å². The van der Waals surface area contributed by atoms with Gasteiger partial charge >= 0.3 is 0 Å². The number of hydrogen-bond donors (Lipinski definition) is 0. The summed E-state index contributed by atoms with van der Waals surface area (Å²) in [5.74, 6) is 0.0455. The lowest BCUT2D eigenvalue weighted by atomic mass is 9.85. The predicted octanol–water partition coefficient (Wildman–Crippen LogP) is 5.35. The smallest absolute Gasteiger partial charge is 0.257 e. The molecule has 0 bridgehead atoms. The summed E-state index contributed by atoms with van der Waals surface area (Å²) in [5, 5.41) is 0. The highest BCUT2D eigenvalue weighted by Crippen LogP contribution is 2.37. The molecule has 3 fully saturated rings. The van der Waals surface area contributed by atoms with Gasteiger partial charge in [0.1, 0.15) is 6.33 Å². The van der Waals surface area contributed by atoms with Crippen molar-refractivity contribution in [3.8, 4) is 0 Å². The molecule has 1 atom stereocenters. The Labute approximate surface area is 273 Å². The molecule has 46 heavy (non-hydrogen) atoms. The molecule has 3 aliphatic heterocycles. The van der Waals surface area contributed by atoms with Crippen molar-refractivity contribution in [2.45, 2.75) is 70.9 Å². The number of para-hydroxylation sites is 1. The number of anilines is 2. The average molecular weight is 625 g/mol. The minimum Gasteiger partial charge on any atom is -0.378 e. The van der Waals surface area contributed by atoms with E-state index in [0.717, 1.165) is 74.5 Å². The van der Waals surface area contributed by atoms with E-state index in [1.807, 2.05) is 30.6 Å². The van der Waals surface area contributed by atoms with Crippen molar-refractivity contribution < 1.29 is 14.3 Å². The lowest BCUT2D eigenvalue weighted by molar-refractivity contribution is -0.136. The maximum atomic E-state index is 13.4. The van der Waals surface area contributed by atoms with Gasteiger partial charge in [-0.15, -0.1) is 0 Å². The van der Waals surface area contributed by atoms with Crippen molar-refractivity contribution in [2.24, 2.45) is 0 Å². The minimum atomic E-state index is -0.183. The van der Waals surface area contributed by atoms with E-state index < -0.39 is 0 Å². The van der Waals surface area contributed by atoms with Crippen molar-refractivity contribution in [1.29, 1.82) is 0 Å². The van der Waals surface area contributed by atoms with E-state index in [1.54, 1.807) is 0 Å². The average Bonchev–Trinajstić information content (AvgIpc) is 3.09. The first-order valence-corrected chi connectivity index (χ1v) is 16.9. The van der Waals surface area contributed by atoms with Crippen molar-refractivity contribution in [2.75, 3.05) is 57.4 Å². The second-order valence-corrected chi connectivity index (χ2v) is 13.4. The zero-order chi connectivity index (χ0) is 32.3. The van der Waals surface area contributed by atoms with Crippen LogP contribution in [0.25, 0.3) is 0 Å². The lowest BCUT2D eigenvalue weighted by Gasteiger charge is -2.50. The van der Waals surface area contributed by atoms with Gasteiger partial charge in [-0.25, -0.2) is 9.97 Å². The number of aromatic nitrogens is 2. The van der Waals surface area contributed by atoms with Crippen LogP contribution in [0.2, 0.25) is 0 Å². The maximum Gasteiger partial charge on any atom is 0.257 e. The number of ether oxygens (including phenoxy) is 1. The maximum absolute atomic E-state index is 13.4. The zero-order valence-electron chi connectivity index (χ0n) is 27.8. The number of hydrogen-bond acceptors (Lipinski definition) is 7. The van der Waals surface area contributed by atoms with Gasteiger partial charge in [-0.3, -0.25) is 14.5 Å². The van der Waals surface area contributed by atoms with Crippen LogP contribution < -0.4 is 4.90 Å². The summed E-state index contributed by atoms with van der Waals surface area (Å²) >= 11 is 0. The van der Waals surface area contributed by atoms with E-state index in [-0.39, 0.29) is 23.3 Å². The molecule has 2 amide bonds. The van der Waals surface area contributed by atoms with Crippen molar-refractivity contribution >= 4 is 23.2 Å². The molecule has 6 rings (SSSR count). The van der Waals surface area contributed by atoms with Crippen LogP contribution in [0.4, 0.5) is 11.4 Å². The number of carbonyl (C=O) groups excluding carboxylic acids is 2. The summed E-state index contributed by atoms with van der Waals surface area (Å²) in [6.45, 7) is 14.3. The molecule has 0 N–H and O–H groups in total. The van der Waals surface area contributed by atoms with Crippen LogP contribution in [0, 0.1) is 13.8 Å². The van der Waals surface area contributed by atoms with Gasteiger partial charge in [-0.1, -0.05) is 30.3 Å². The molecule has 2 aromatic carbocycles. The van der Waals surface area contributed by atoms with E-state index in [9.17, 15) is 9.59 Å². The van der Waals surface area contributed by atoms with E-state index in [0.29, 0.717) is 37.9 Å². The molecule has 0 spiro atoms. The number of benzene rings is 2. The van der Waals surface area contributed by atoms with Crippen molar-refractivity contribution in [3.63, 3.8) is 0 Å².